The van der Waals surface area contributed by atoms with Crippen molar-refractivity contribution in [1.82, 2.24) is 14.6 Å². The number of aliphatic hydroxyl groups excluding tert-OH is 1. The van der Waals surface area contributed by atoms with Crippen molar-refractivity contribution in [2.45, 2.75) is 0 Å². The van der Waals surface area contributed by atoms with Crippen LogP contribution in [0.4, 0.5) is 5.82 Å². The summed E-state index contributed by atoms with van der Waals surface area (Å²) in [4.78, 5) is 5.56. The molecule has 0 saturated heterocycles. The minimum atomic E-state index is 0.0762. The Kier molecular flexibility index (Phi) is 3.25. The van der Waals surface area contributed by atoms with E-state index in [1.54, 1.807) is 11.3 Å². The maximum absolute atomic E-state index is 8.91. The SMILES string of the molecule is OCCNc1ccc2ncc(-c3cc4ccccc4s3)n2n1. The van der Waals surface area contributed by atoms with Gasteiger partial charge in [0.15, 0.2) is 5.65 Å². The number of rotatable bonds is 4. The number of aliphatic hydroxyl groups is 1. The van der Waals surface area contributed by atoms with Crippen LogP contribution in [0.3, 0.4) is 0 Å². The van der Waals surface area contributed by atoms with E-state index in [2.05, 4.69) is 33.6 Å². The Hall–Kier alpha value is -2.44. The summed E-state index contributed by atoms with van der Waals surface area (Å²) in [5, 5.41) is 17.8. The maximum atomic E-state index is 8.91. The predicted molar refractivity (Wildman–Crippen MR) is 89.4 cm³/mol. The van der Waals surface area contributed by atoms with E-state index < -0.39 is 0 Å². The lowest BCUT2D eigenvalue weighted by Gasteiger charge is -2.04. The number of nitrogens with zero attached hydrogens (tertiary/aromatic N) is 3. The molecule has 2 N–H and O–H groups in total. The van der Waals surface area contributed by atoms with E-state index in [1.807, 2.05) is 35.0 Å². The molecule has 0 radical (unpaired) electrons. The van der Waals surface area contributed by atoms with Crippen molar-refractivity contribution in [2.75, 3.05) is 18.5 Å². The highest BCUT2D eigenvalue weighted by Gasteiger charge is 2.11. The summed E-state index contributed by atoms with van der Waals surface area (Å²) in [5.74, 6) is 0.724. The second-order valence-corrected chi connectivity index (χ2v) is 6.01. The number of fused-ring (bicyclic) bond motifs is 2. The molecule has 0 aliphatic rings. The van der Waals surface area contributed by atoms with Gasteiger partial charge in [-0.3, -0.25) is 0 Å². The Balaban J connectivity index is 1.83. The molecule has 0 bridgehead atoms. The maximum Gasteiger partial charge on any atom is 0.154 e. The third kappa shape index (κ3) is 2.22. The Labute approximate surface area is 130 Å². The molecule has 110 valence electrons. The fourth-order valence-electron chi connectivity index (χ4n) is 2.43. The summed E-state index contributed by atoms with van der Waals surface area (Å²) in [7, 11) is 0. The summed E-state index contributed by atoms with van der Waals surface area (Å²) < 4.78 is 3.09. The first kappa shape index (κ1) is 13.2. The smallest absolute Gasteiger partial charge is 0.154 e. The van der Waals surface area contributed by atoms with Gasteiger partial charge in [-0.15, -0.1) is 16.4 Å². The highest BCUT2D eigenvalue weighted by molar-refractivity contribution is 7.22. The van der Waals surface area contributed by atoms with Crippen LogP contribution < -0.4 is 5.32 Å². The van der Waals surface area contributed by atoms with Crippen molar-refractivity contribution in [3.8, 4) is 10.6 Å². The van der Waals surface area contributed by atoms with Crippen LogP contribution in [0.25, 0.3) is 26.3 Å². The second kappa shape index (κ2) is 5.40. The molecule has 0 aliphatic carbocycles. The van der Waals surface area contributed by atoms with Gasteiger partial charge in [-0.05, 0) is 29.7 Å². The number of anilines is 1. The van der Waals surface area contributed by atoms with E-state index in [0.717, 1.165) is 22.0 Å². The molecule has 4 rings (SSSR count). The average molecular weight is 310 g/mol. The molecule has 5 nitrogen and oxygen atoms in total. The van der Waals surface area contributed by atoms with E-state index in [4.69, 9.17) is 5.11 Å². The first-order valence-corrected chi connectivity index (χ1v) is 7.85. The Morgan fingerprint density at radius 2 is 2.09 bits per heavy atom. The normalized spacial score (nSPS) is 11.3. The minimum Gasteiger partial charge on any atom is -0.395 e. The summed E-state index contributed by atoms with van der Waals surface area (Å²) in [6.45, 7) is 0.554. The van der Waals surface area contributed by atoms with Gasteiger partial charge < -0.3 is 10.4 Å². The van der Waals surface area contributed by atoms with Crippen LogP contribution in [0, 0.1) is 0 Å². The Bertz CT molecular complexity index is 911. The van der Waals surface area contributed by atoms with E-state index in [9.17, 15) is 0 Å². The number of thiophene rings is 1. The fraction of sp³-hybridized carbons (Fsp3) is 0.125. The van der Waals surface area contributed by atoms with Gasteiger partial charge in [0.05, 0.1) is 17.7 Å². The minimum absolute atomic E-state index is 0.0762. The Morgan fingerprint density at radius 1 is 1.18 bits per heavy atom. The van der Waals surface area contributed by atoms with Gasteiger partial charge in [-0.25, -0.2) is 9.50 Å². The van der Waals surface area contributed by atoms with Crippen molar-refractivity contribution < 1.29 is 5.11 Å². The zero-order chi connectivity index (χ0) is 14.9. The lowest BCUT2D eigenvalue weighted by molar-refractivity contribution is 0.311. The molecular weight excluding hydrogens is 296 g/mol. The summed E-state index contributed by atoms with van der Waals surface area (Å²) >= 11 is 1.73. The van der Waals surface area contributed by atoms with Crippen LogP contribution in [0.1, 0.15) is 0 Å². The van der Waals surface area contributed by atoms with Crippen molar-refractivity contribution in [3.05, 3.63) is 48.7 Å². The summed E-state index contributed by atoms with van der Waals surface area (Å²) in [6, 6.07) is 14.3. The van der Waals surface area contributed by atoms with Crippen molar-refractivity contribution >= 4 is 32.9 Å². The van der Waals surface area contributed by atoms with Crippen LogP contribution in [0.15, 0.2) is 48.7 Å². The van der Waals surface area contributed by atoms with Crippen LogP contribution >= 0.6 is 11.3 Å². The molecule has 0 atom stereocenters. The molecule has 3 aromatic heterocycles. The molecule has 4 aromatic rings. The Morgan fingerprint density at radius 3 is 2.95 bits per heavy atom. The topological polar surface area (TPSA) is 62.5 Å². The molecule has 1 aromatic carbocycles. The molecule has 0 unspecified atom stereocenters. The number of hydrogen-bond donors (Lipinski definition) is 2. The number of imidazole rings is 1. The van der Waals surface area contributed by atoms with Gasteiger partial charge in [-0.1, -0.05) is 18.2 Å². The highest BCUT2D eigenvalue weighted by Crippen LogP contribution is 2.33. The van der Waals surface area contributed by atoms with Crippen LogP contribution in [-0.4, -0.2) is 32.9 Å². The standard InChI is InChI=1S/C16H14N4OS/c21-8-7-17-15-5-6-16-18-10-12(20(16)19-15)14-9-11-3-1-2-4-13(11)22-14/h1-6,9-10,21H,7-8H2,(H,17,19). The van der Waals surface area contributed by atoms with E-state index >= 15 is 0 Å². The zero-order valence-electron chi connectivity index (χ0n) is 11.7. The van der Waals surface area contributed by atoms with Gasteiger partial charge in [-0.2, -0.15) is 0 Å². The average Bonchev–Trinajstić information content (AvgIpc) is 3.15. The summed E-state index contributed by atoms with van der Waals surface area (Å²) in [6.07, 6.45) is 1.85. The van der Waals surface area contributed by atoms with Gasteiger partial charge in [0.25, 0.3) is 0 Å². The molecule has 0 amide bonds. The molecule has 0 fully saturated rings. The highest BCUT2D eigenvalue weighted by atomic mass is 32.1. The molecule has 3 heterocycles. The molecule has 6 heteroatoms. The van der Waals surface area contributed by atoms with Crippen molar-refractivity contribution in [2.24, 2.45) is 0 Å². The van der Waals surface area contributed by atoms with Crippen LogP contribution in [0.2, 0.25) is 0 Å². The van der Waals surface area contributed by atoms with Crippen molar-refractivity contribution in [3.63, 3.8) is 0 Å². The van der Waals surface area contributed by atoms with Crippen LogP contribution in [-0.2, 0) is 0 Å². The van der Waals surface area contributed by atoms with E-state index in [0.29, 0.717) is 6.54 Å². The number of aromatic nitrogens is 3. The quantitative estimate of drug-likeness (QED) is 0.608. The monoisotopic (exact) mass is 310 g/mol. The predicted octanol–water partition coefficient (Wildman–Crippen LogP) is 3.02. The van der Waals surface area contributed by atoms with Gasteiger partial charge in [0.1, 0.15) is 11.5 Å². The third-order valence-corrected chi connectivity index (χ3v) is 4.60. The number of nitrogens with one attached hydrogen (secondary N) is 1. The van der Waals surface area contributed by atoms with Crippen molar-refractivity contribution in [1.29, 1.82) is 0 Å². The van der Waals surface area contributed by atoms with Gasteiger partial charge >= 0.3 is 0 Å². The van der Waals surface area contributed by atoms with E-state index in [-0.39, 0.29) is 6.61 Å². The largest absolute Gasteiger partial charge is 0.395 e. The molecule has 0 saturated carbocycles. The lowest BCUT2D eigenvalue weighted by Crippen LogP contribution is -2.08. The first-order valence-electron chi connectivity index (χ1n) is 7.03. The molecule has 0 aliphatic heterocycles. The second-order valence-electron chi connectivity index (χ2n) is 4.93. The number of hydrogen-bond acceptors (Lipinski definition) is 5. The molecule has 22 heavy (non-hydrogen) atoms. The van der Waals surface area contributed by atoms with Gasteiger partial charge in [0, 0.05) is 11.2 Å². The zero-order valence-corrected chi connectivity index (χ0v) is 12.5. The molecule has 0 spiro atoms. The molecular formula is C16H14N4OS. The summed E-state index contributed by atoms with van der Waals surface area (Å²) in [5.41, 5.74) is 1.78. The van der Waals surface area contributed by atoms with E-state index in [1.165, 1.54) is 10.1 Å². The third-order valence-electron chi connectivity index (χ3n) is 3.46. The first-order chi connectivity index (χ1) is 10.8. The number of benzene rings is 1. The fourth-order valence-corrected chi connectivity index (χ4v) is 3.49. The lowest BCUT2D eigenvalue weighted by atomic mass is 10.2. The van der Waals surface area contributed by atoms with Crippen LogP contribution in [0.5, 0.6) is 0 Å². The van der Waals surface area contributed by atoms with Gasteiger partial charge in [0.2, 0.25) is 0 Å².